The highest BCUT2D eigenvalue weighted by molar-refractivity contribution is 7.13. The Balaban J connectivity index is 2.10. The van der Waals surface area contributed by atoms with Crippen molar-refractivity contribution >= 4 is 11.3 Å². The highest BCUT2D eigenvalue weighted by Crippen LogP contribution is 2.25. The zero-order valence-corrected chi connectivity index (χ0v) is 11.0. The van der Waals surface area contributed by atoms with Crippen molar-refractivity contribution in [1.29, 1.82) is 0 Å². The molecule has 17 heavy (non-hydrogen) atoms. The minimum Gasteiger partial charge on any atom is -0.311 e. The molecule has 0 unspecified atom stereocenters. The van der Waals surface area contributed by atoms with Crippen molar-refractivity contribution in [3.8, 4) is 10.6 Å². The largest absolute Gasteiger partial charge is 0.311 e. The molecule has 0 amide bonds. The van der Waals surface area contributed by atoms with Gasteiger partial charge < -0.3 is 5.32 Å². The predicted molar refractivity (Wildman–Crippen MR) is 72.1 cm³/mol. The lowest BCUT2D eigenvalue weighted by Gasteiger charge is -2.00. The van der Waals surface area contributed by atoms with Crippen molar-refractivity contribution in [2.75, 3.05) is 6.54 Å². The second-order valence-electron chi connectivity index (χ2n) is 4.01. The second-order valence-corrected chi connectivity index (χ2v) is 4.87. The van der Waals surface area contributed by atoms with Gasteiger partial charge in [0.2, 0.25) is 0 Å². The topological polar surface area (TPSA) is 37.8 Å². The van der Waals surface area contributed by atoms with Crippen LogP contribution in [0.2, 0.25) is 0 Å². The van der Waals surface area contributed by atoms with Crippen LogP contribution in [0.1, 0.15) is 24.6 Å². The summed E-state index contributed by atoms with van der Waals surface area (Å²) in [4.78, 5) is 8.74. The Bertz CT molecular complexity index is 479. The normalized spacial score (nSPS) is 10.7. The molecule has 2 aromatic heterocycles. The van der Waals surface area contributed by atoms with Gasteiger partial charge in [0.25, 0.3) is 0 Å². The Morgan fingerprint density at radius 2 is 2.29 bits per heavy atom. The molecule has 0 saturated carbocycles. The van der Waals surface area contributed by atoms with Gasteiger partial charge >= 0.3 is 0 Å². The molecule has 3 nitrogen and oxygen atoms in total. The van der Waals surface area contributed by atoms with Gasteiger partial charge in [0.15, 0.2) is 0 Å². The van der Waals surface area contributed by atoms with Crippen molar-refractivity contribution < 1.29 is 0 Å². The molecule has 0 spiro atoms. The molecule has 0 aromatic carbocycles. The molecule has 0 atom stereocenters. The zero-order chi connectivity index (χ0) is 12.1. The molecule has 2 aromatic rings. The monoisotopic (exact) mass is 247 g/mol. The van der Waals surface area contributed by atoms with E-state index in [0.29, 0.717) is 0 Å². The number of rotatable bonds is 5. The van der Waals surface area contributed by atoms with E-state index in [0.717, 1.165) is 30.2 Å². The van der Waals surface area contributed by atoms with Crippen LogP contribution in [-0.2, 0) is 6.54 Å². The standard InChI is InChI=1S/C13H17N3S/c1-3-5-14-8-11-9-17-13(16-11)12-4-6-15-7-10(12)2/h4,6-7,9,14H,3,5,8H2,1-2H3. The summed E-state index contributed by atoms with van der Waals surface area (Å²) in [6.45, 7) is 6.13. The van der Waals surface area contributed by atoms with Gasteiger partial charge in [0.1, 0.15) is 5.01 Å². The SMILES string of the molecule is CCCNCc1csc(-c2ccncc2C)n1. The van der Waals surface area contributed by atoms with Gasteiger partial charge in [-0.15, -0.1) is 11.3 Å². The van der Waals surface area contributed by atoms with Crippen LogP contribution >= 0.6 is 11.3 Å². The summed E-state index contributed by atoms with van der Waals surface area (Å²) < 4.78 is 0. The lowest BCUT2D eigenvalue weighted by molar-refractivity contribution is 0.667. The molecule has 0 bridgehead atoms. The summed E-state index contributed by atoms with van der Waals surface area (Å²) in [5.74, 6) is 0. The molecule has 90 valence electrons. The van der Waals surface area contributed by atoms with E-state index >= 15 is 0 Å². The molecule has 0 aliphatic rings. The minimum atomic E-state index is 0.856. The van der Waals surface area contributed by atoms with Crippen LogP contribution in [0.5, 0.6) is 0 Å². The fourth-order valence-corrected chi connectivity index (χ4v) is 2.53. The van der Waals surface area contributed by atoms with Crippen LogP contribution in [0, 0.1) is 6.92 Å². The Kier molecular flexibility index (Phi) is 4.23. The number of hydrogen-bond donors (Lipinski definition) is 1. The predicted octanol–water partition coefficient (Wildman–Crippen LogP) is 3.01. The molecule has 0 fully saturated rings. The Labute approximate surface area is 106 Å². The van der Waals surface area contributed by atoms with Crippen LogP contribution in [0.15, 0.2) is 23.8 Å². The Hall–Kier alpha value is -1.26. The smallest absolute Gasteiger partial charge is 0.124 e. The molecule has 2 heterocycles. The van der Waals surface area contributed by atoms with Gasteiger partial charge in [-0.25, -0.2) is 4.98 Å². The summed E-state index contributed by atoms with van der Waals surface area (Å²) in [7, 11) is 0. The summed E-state index contributed by atoms with van der Waals surface area (Å²) in [5.41, 5.74) is 3.48. The first-order chi connectivity index (χ1) is 8.31. The van der Waals surface area contributed by atoms with Crippen molar-refractivity contribution in [2.24, 2.45) is 0 Å². The van der Waals surface area contributed by atoms with Crippen molar-refractivity contribution in [3.63, 3.8) is 0 Å². The van der Waals surface area contributed by atoms with Gasteiger partial charge in [-0.05, 0) is 31.5 Å². The van der Waals surface area contributed by atoms with Gasteiger partial charge in [-0.1, -0.05) is 6.92 Å². The number of pyridine rings is 1. The van der Waals surface area contributed by atoms with E-state index in [1.54, 1.807) is 11.3 Å². The molecule has 0 saturated heterocycles. The molecule has 0 aliphatic heterocycles. The van der Waals surface area contributed by atoms with Crippen LogP contribution < -0.4 is 5.32 Å². The highest BCUT2D eigenvalue weighted by Gasteiger charge is 2.06. The summed E-state index contributed by atoms with van der Waals surface area (Å²) >= 11 is 1.70. The quantitative estimate of drug-likeness (QED) is 0.825. The van der Waals surface area contributed by atoms with Crippen LogP contribution in [0.4, 0.5) is 0 Å². The highest BCUT2D eigenvalue weighted by atomic mass is 32.1. The van der Waals surface area contributed by atoms with E-state index in [2.05, 4.69) is 34.5 Å². The molecule has 0 radical (unpaired) electrons. The van der Waals surface area contributed by atoms with Crippen LogP contribution in [0.25, 0.3) is 10.6 Å². The third kappa shape index (κ3) is 3.11. The Morgan fingerprint density at radius 3 is 3.06 bits per heavy atom. The number of nitrogens with zero attached hydrogens (tertiary/aromatic N) is 2. The average Bonchev–Trinajstić information content (AvgIpc) is 2.79. The first-order valence-electron chi connectivity index (χ1n) is 5.87. The number of aromatic nitrogens is 2. The summed E-state index contributed by atoms with van der Waals surface area (Å²) in [6.07, 6.45) is 4.85. The second kappa shape index (κ2) is 5.89. The minimum absolute atomic E-state index is 0.856. The van der Waals surface area contributed by atoms with Crippen molar-refractivity contribution in [1.82, 2.24) is 15.3 Å². The van der Waals surface area contributed by atoms with Crippen LogP contribution in [-0.4, -0.2) is 16.5 Å². The van der Waals surface area contributed by atoms with Crippen molar-refractivity contribution in [3.05, 3.63) is 35.1 Å². The van der Waals surface area contributed by atoms with E-state index in [9.17, 15) is 0 Å². The fourth-order valence-electron chi connectivity index (χ4n) is 1.62. The molecule has 2 rings (SSSR count). The molecular formula is C13H17N3S. The lowest BCUT2D eigenvalue weighted by Crippen LogP contribution is -2.13. The average molecular weight is 247 g/mol. The first kappa shape index (κ1) is 12.2. The van der Waals surface area contributed by atoms with Crippen molar-refractivity contribution in [2.45, 2.75) is 26.8 Å². The molecule has 4 heteroatoms. The van der Waals surface area contributed by atoms with Crippen LogP contribution in [0.3, 0.4) is 0 Å². The summed E-state index contributed by atoms with van der Waals surface area (Å²) in [5, 5.41) is 6.57. The van der Waals surface area contributed by atoms with E-state index in [1.165, 1.54) is 11.1 Å². The third-order valence-corrected chi connectivity index (χ3v) is 3.46. The van der Waals surface area contributed by atoms with E-state index in [-0.39, 0.29) is 0 Å². The van der Waals surface area contributed by atoms with E-state index in [4.69, 9.17) is 0 Å². The third-order valence-electron chi connectivity index (χ3n) is 2.54. The first-order valence-corrected chi connectivity index (χ1v) is 6.75. The molecule has 0 aliphatic carbocycles. The fraction of sp³-hybridized carbons (Fsp3) is 0.385. The maximum absolute atomic E-state index is 4.64. The maximum Gasteiger partial charge on any atom is 0.124 e. The van der Waals surface area contributed by atoms with Gasteiger partial charge in [-0.3, -0.25) is 4.98 Å². The molecule has 1 N–H and O–H groups in total. The van der Waals surface area contributed by atoms with Gasteiger partial charge in [0.05, 0.1) is 5.69 Å². The van der Waals surface area contributed by atoms with Gasteiger partial charge in [0, 0.05) is 29.9 Å². The summed E-state index contributed by atoms with van der Waals surface area (Å²) in [6, 6.07) is 2.03. The van der Waals surface area contributed by atoms with E-state index in [1.807, 2.05) is 18.5 Å². The lowest BCUT2D eigenvalue weighted by atomic mass is 10.2. The number of hydrogen-bond acceptors (Lipinski definition) is 4. The molecular weight excluding hydrogens is 230 g/mol. The number of nitrogens with one attached hydrogen (secondary N) is 1. The zero-order valence-electron chi connectivity index (χ0n) is 10.2. The Morgan fingerprint density at radius 1 is 1.41 bits per heavy atom. The number of thiazole rings is 1. The number of aryl methyl sites for hydroxylation is 1. The maximum atomic E-state index is 4.64. The van der Waals surface area contributed by atoms with E-state index < -0.39 is 0 Å². The van der Waals surface area contributed by atoms with Gasteiger partial charge in [-0.2, -0.15) is 0 Å².